The topological polar surface area (TPSA) is 279 Å². The van der Waals surface area contributed by atoms with Gasteiger partial charge in [0.1, 0.15) is 48.3 Å². The van der Waals surface area contributed by atoms with Gasteiger partial charge in [-0.3, -0.25) is 33.9 Å². The zero-order valence-electron chi connectivity index (χ0n) is 37.1. The van der Waals surface area contributed by atoms with Crippen molar-refractivity contribution in [2.75, 3.05) is 13.2 Å². The normalized spacial score (nSPS) is 34.5. The Kier molecular flexibility index (Phi) is 12.6. The van der Waals surface area contributed by atoms with Crippen molar-refractivity contribution in [2.45, 2.75) is 115 Å². The lowest BCUT2D eigenvalue weighted by molar-refractivity contribution is -0.385. The Balaban J connectivity index is 1.65. The first kappa shape index (κ1) is 47.2. The van der Waals surface area contributed by atoms with Crippen LogP contribution in [0, 0.1) is 17.3 Å². The summed E-state index contributed by atoms with van der Waals surface area (Å²) in [6.07, 6.45) is -6.55. The Morgan fingerprint density at radius 1 is 0.773 bits per heavy atom. The molecule has 2 aliphatic heterocycles. The van der Waals surface area contributed by atoms with E-state index in [2.05, 4.69) is 9.97 Å². The molecule has 1 spiro atoms. The number of carbonyl (C=O) groups is 8. The second-order valence-corrected chi connectivity index (χ2v) is 17.2. The first-order chi connectivity index (χ1) is 31.1. The number of carbonyl (C=O) groups excluding carboxylic acids is 8. The highest BCUT2D eigenvalue weighted by molar-refractivity contribution is 5.92. The van der Waals surface area contributed by atoms with Crippen molar-refractivity contribution >= 4 is 47.8 Å². The molecule has 0 radical (unpaired) electrons. The molecule has 0 amide bonds. The number of ether oxygens (including phenoxy) is 9. The van der Waals surface area contributed by atoms with Crippen LogP contribution in [0.1, 0.15) is 98.1 Å². The van der Waals surface area contributed by atoms with Crippen LogP contribution < -0.4 is 0 Å². The summed E-state index contributed by atoms with van der Waals surface area (Å²) in [6, 6.07) is 6.89. The number of esters is 8. The van der Waals surface area contributed by atoms with E-state index in [9.17, 15) is 43.5 Å². The third-order valence-corrected chi connectivity index (χ3v) is 13.0. The van der Waals surface area contributed by atoms with Gasteiger partial charge in [-0.25, -0.2) is 14.4 Å². The number of hydrogen-bond donors (Lipinski definition) is 1. The van der Waals surface area contributed by atoms with Crippen LogP contribution in [0.5, 0.6) is 0 Å². The van der Waals surface area contributed by atoms with Gasteiger partial charge >= 0.3 is 47.8 Å². The molecule has 2 saturated carbocycles. The molecule has 4 aliphatic rings. The number of cyclic esters (lactones) is 1. The maximum Gasteiger partial charge on any atom is 0.341 e. The molecular weight excluding hydrogens is 872 g/mol. The van der Waals surface area contributed by atoms with Gasteiger partial charge in [0.2, 0.25) is 0 Å². The zero-order chi connectivity index (χ0) is 48.1. The Morgan fingerprint density at radius 3 is 2.03 bits per heavy atom. The van der Waals surface area contributed by atoms with Crippen LogP contribution in [-0.4, -0.2) is 129 Å². The predicted molar refractivity (Wildman–Crippen MR) is 215 cm³/mol. The van der Waals surface area contributed by atoms with Crippen LogP contribution in [0.25, 0.3) is 0 Å². The van der Waals surface area contributed by atoms with E-state index in [1.54, 1.807) is 6.92 Å². The second kappa shape index (κ2) is 17.6. The predicted octanol–water partition coefficient (Wildman–Crippen LogP) is 2.61. The highest BCUT2D eigenvalue weighted by Crippen LogP contribution is 2.70. The van der Waals surface area contributed by atoms with Gasteiger partial charge in [0, 0.05) is 52.2 Å². The smallest absolute Gasteiger partial charge is 0.341 e. The molecule has 3 aromatic rings. The fourth-order valence-electron chi connectivity index (χ4n) is 10.1. The van der Waals surface area contributed by atoms with E-state index >= 15 is 0 Å². The second-order valence-electron chi connectivity index (χ2n) is 17.2. The number of pyridine rings is 2. The first-order valence-corrected chi connectivity index (χ1v) is 20.9. The van der Waals surface area contributed by atoms with E-state index < -0.39 is 138 Å². The van der Waals surface area contributed by atoms with E-state index in [0.29, 0.717) is 0 Å². The average Bonchev–Trinajstić information content (AvgIpc) is 3.88. The van der Waals surface area contributed by atoms with Crippen molar-refractivity contribution in [1.82, 2.24) is 9.97 Å². The van der Waals surface area contributed by atoms with E-state index in [-0.39, 0.29) is 22.4 Å². The number of fused-ring (bicyclic) bond motifs is 5. The van der Waals surface area contributed by atoms with Gasteiger partial charge in [0.15, 0.2) is 30.0 Å². The Hall–Kier alpha value is -6.74. The van der Waals surface area contributed by atoms with Gasteiger partial charge in [0.25, 0.3) is 0 Å². The van der Waals surface area contributed by atoms with Crippen molar-refractivity contribution in [3.63, 3.8) is 0 Å². The molecule has 4 bridgehead atoms. The molecule has 1 saturated heterocycles. The summed E-state index contributed by atoms with van der Waals surface area (Å²) in [5, 5.41) is 13.8. The number of nitrogens with zero attached hydrogens (tertiary/aromatic N) is 2. The quantitative estimate of drug-likeness (QED) is 0.238. The molecule has 3 fully saturated rings. The molecule has 352 valence electrons. The Bertz CT molecular complexity index is 2420. The van der Waals surface area contributed by atoms with Gasteiger partial charge < -0.3 is 52.2 Å². The van der Waals surface area contributed by atoms with Crippen LogP contribution in [0.2, 0.25) is 0 Å². The average molecular weight is 921 g/mol. The minimum Gasteiger partial charge on any atom is -0.472 e. The van der Waals surface area contributed by atoms with Crippen molar-refractivity contribution in [2.24, 2.45) is 17.3 Å². The zero-order valence-corrected chi connectivity index (χ0v) is 37.1. The number of hydrogen-bond acceptors (Lipinski definition) is 21. The maximum absolute atomic E-state index is 14.6. The van der Waals surface area contributed by atoms with Crippen molar-refractivity contribution in [3.8, 4) is 0 Å². The Morgan fingerprint density at radius 2 is 1.42 bits per heavy atom. The van der Waals surface area contributed by atoms with Gasteiger partial charge in [-0.2, -0.15) is 0 Å². The fraction of sp³-hybridized carbons (Fsp3) is 0.511. The summed E-state index contributed by atoms with van der Waals surface area (Å²) in [4.78, 5) is 120. The molecule has 1 N–H and O–H groups in total. The summed E-state index contributed by atoms with van der Waals surface area (Å²) >= 11 is 0. The summed E-state index contributed by atoms with van der Waals surface area (Å²) < 4.78 is 61.2. The minimum absolute atomic E-state index is 0.0752. The lowest BCUT2D eigenvalue weighted by Gasteiger charge is -2.67. The van der Waals surface area contributed by atoms with Crippen LogP contribution >= 0.6 is 0 Å². The van der Waals surface area contributed by atoms with E-state index in [4.69, 9.17) is 47.0 Å². The van der Waals surface area contributed by atoms with Crippen LogP contribution in [0.4, 0.5) is 0 Å². The van der Waals surface area contributed by atoms with E-state index in [0.717, 1.165) is 53.3 Å². The van der Waals surface area contributed by atoms with Crippen molar-refractivity contribution in [3.05, 3.63) is 83.8 Å². The van der Waals surface area contributed by atoms with Gasteiger partial charge in [-0.1, -0.05) is 13.8 Å². The lowest BCUT2D eigenvalue weighted by Crippen LogP contribution is -2.89. The third kappa shape index (κ3) is 7.72. The highest BCUT2D eigenvalue weighted by Gasteiger charge is 2.92. The molecule has 66 heavy (non-hydrogen) atoms. The maximum atomic E-state index is 14.6. The molecule has 13 atom stereocenters. The molecule has 2 unspecified atom stereocenters. The van der Waals surface area contributed by atoms with Crippen molar-refractivity contribution < 1.29 is 90.5 Å². The Labute approximate surface area is 376 Å². The fourth-order valence-corrected chi connectivity index (χ4v) is 10.1. The largest absolute Gasteiger partial charge is 0.472 e. The molecule has 21 nitrogen and oxygen atoms in total. The molecule has 2 aliphatic carbocycles. The van der Waals surface area contributed by atoms with Crippen LogP contribution in [0.3, 0.4) is 0 Å². The van der Waals surface area contributed by atoms with Crippen LogP contribution in [0.15, 0.2) is 65.9 Å². The number of furan rings is 1. The number of aromatic nitrogens is 2. The highest BCUT2D eigenvalue weighted by atomic mass is 16.7. The third-order valence-electron chi connectivity index (χ3n) is 13.0. The molecule has 5 heterocycles. The van der Waals surface area contributed by atoms with Crippen molar-refractivity contribution in [1.29, 1.82) is 0 Å². The summed E-state index contributed by atoms with van der Waals surface area (Å²) in [5.41, 5.74) is -11.0. The molecule has 7 rings (SSSR count). The summed E-state index contributed by atoms with van der Waals surface area (Å²) in [5.74, 6) is -12.4. The monoisotopic (exact) mass is 920 g/mol. The van der Waals surface area contributed by atoms with Gasteiger partial charge in [-0.15, -0.1) is 0 Å². The summed E-state index contributed by atoms with van der Waals surface area (Å²) in [7, 11) is 0. The lowest BCUT2D eigenvalue weighted by atomic mass is 9.45. The van der Waals surface area contributed by atoms with Crippen LogP contribution in [-0.2, 0) is 66.6 Å². The van der Waals surface area contributed by atoms with Gasteiger partial charge in [0.05, 0.1) is 40.5 Å². The summed E-state index contributed by atoms with van der Waals surface area (Å²) in [6.45, 7) is 7.40. The first-order valence-electron chi connectivity index (χ1n) is 20.9. The molecule has 0 aromatic carbocycles. The molecule has 3 aromatic heterocycles. The molecular formula is C45H48N2O19. The minimum atomic E-state index is -2.93. The molecule has 21 heteroatoms. The van der Waals surface area contributed by atoms with E-state index in [1.165, 1.54) is 56.6 Å². The van der Waals surface area contributed by atoms with E-state index in [1.807, 2.05) is 0 Å². The number of rotatable bonds is 9. The van der Waals surface area contributed by atoms with Gasteiger partial charge in [-0.05, 0) is 44.2 Å². The standard InChI is InChI=1S/C45H48N2O19/c1-21-22(2)38(52)65-35-33(60-24(4)49)37(62-26(6)51)44(20-58-23(3)48)36(61-25(5)50)32(63-39(53)27-11-9-14-46-17-27)30-34(64-40(54)28-13-16-57-18-28)45(44,43(35,8)56)66-42(30,7)19-59-41(55)29-12-10-15-47-31(21)29/h9-18,21-22,30,32-37,56H,19-20H2,1-8H3/t21?,22?,30-,32-,33+,34-,35+,36-,37+,42+,43+,44-,45+/m1/s1. The number of aliphatic hydroxyl groups is 1. The SMILES string of the molecule is CC(=O)OC[C@]12[C@H](OC(C)=O)[C@H](OC(=O)c3cccnc3)[C@@H]3[C@@H](OC(=O)c4ccoc4)[C@@]14O[C@@]3(C)COC(=O)c1cccnc1C(C)C(C)C(=O)O[C@@H]([C@H](OC(C)=O)[C@@H]2OC(C)=O)[C@]4(C)O.